The van der Waals surface area contributed by atoms with Crippen LogP contribution in [0, 0.1) is 5.92 Å². The van der Waals surface area contributed by atoms with Crippen LogP contribution in [0.5, 0.6) is 5.75 Å². The first-order valence-corrected chi connectivity index (χ1v) is 17.5. The van der Waals surface area contributed by atoms with Crippen molar-refractivity contribution >= 4 is 40.4 Å². The van der Waals surface area contributed by atoms with Crippen LogP contribution in [0.25, 0.3) is 10.9 Å². The van der Waals surface area contributed by atoms with E-state index < -0.39 is 47.9 Å². The molecule has 0 spiro atoms. The predicted octanol–water partition coefficient (Wildman–Crippen LogP) is 1.23. The molecule has 274 valence electrons. The molecule has 0 radical (unpaired) electrons. The Kier molecular flexibility index (Phi) is 13.0. The lowest BCUT2D eigenvalue weighted by Gasteiger charge is -2.30. The molecule has 3 aromatic rings. The van der Waals surface area contributed by atoms with E-state index in [1.807, 2.05) is 38.1 Å². The molecule has 5 N–H and O–H groups in total. The highest BCUT2D eigenvalue weighted by molar-refractivity contribution is 5.95. The van der Waals surface area contributed by atoms with E-state index >= 15 is 0 Å². The summed E-state index contributed by atoms with van der Waals surface area (Å²) in [5.74, 6) is -2.10. The third-order valence-corrected chi connectivity index (χ3v) is 9.08. The fraction of sp³-hybridized carbons (Fsp3) is 0.486. The molecule has 3 aliphatic heterocycles. The van der Waals surface area contributed by atoms with Crippen LogP contribution in [0.3, 0.4) is 0 Å². The van der Waals surface area contributed by atoms with E-state index in [1.165, 1.54) is 12.0 Å². The van der Waals surface area contributed by atoms with Gasteiger partial charge in [0.25, 0.3) is 0 Å². The van der Waals surface area contributed by atoms with Crippen LogP contribution in [0.15, 0.2) is 54.7 Å². The molecule has 51 heavy (non-hydrogen) atoms. The van der Waals surface area contributed by atoms with Gasteiger partial charge in [0.15, 0.2) is 0 Å². The number of hydrogen-bond donors (Lipinski definition) is 5. The molecule has 1 saturated heterocycles. The molecular weight excluding hydrogens is 656 g/mol. The third-order valence-electron chi connectivity index (χ3n) is 9.08. The number of fused-ring (bicyclic) bond motifs is 18. The lowest BCUT2D eigenvalue weighted by molar-refractivity contribution is -0.141. The van der Waals surface area contributed by atoms with E-state index in [2.05, 4.69) is 26.3 Å². The van der Waals surface area contributed by atoms with Gasteiger partial charge in [-0.05, 0) is 48.1 Å². The molecule has 0 unspecified atom stereocenters. The number of para-hydroxylation sites is 1. The monoisotopic (exact) mass is 704 g/mol. The zero-order valence-corrected chi connectivity index (χ0v) is 29.4. The standard InChI is InChI=1S/C37H48N6O8/c1-23(2)33-36(47)38-14-17-50-26-12-10-24(11-13-26)19-29(40-35(46)31-9-6-16-51-31)34(45)41-30(20-25-21-39-28-8-5-4-7-27(25)28)37(48)43(15-18-49-3)22-32(44)42-33/h4-5,7-8,10-13,21,23,29-31,33,39H,6,9,14-20,22H2,1-3H3,(H,38,47)(H,40,46)(H,41,45)(H,42,44)/t29-,30-,31+,33-/m0/s1. The second-order valence-corrected chi connectivity index (χ2v) is 13.2. The zero-order valence-electron chi connectivity index (χ0n) is 29.4. The molecule has 14 nitrogen and oxygen atoms in total. The van der Waals surface area contributed by atoms with Crippen molar-refractivity contribution in [1.82, 2.24) is 31.2 Å². The highest BCUT2D eigenvalue weighted by Gasteiger charge is 2.34. The highest BCUT2D eigenvalue weighted by atomic mass is 16.5. The fourth-order valence-electron chi connectivity index (χ4n) is 6.28. The van der Waals surface area contributed by atoms with Crippen molar-refractivity contribution in [3.63, 3.8) is 0 Å². The number of rotatable bonds is 8. The fourth-order valence-corrected chi connectivity index (χ4v) is 6.28. The van der Waals surface area contributed by atoms with Gasteiger partial charge in [-0.3, -0.25) is 24.0 Å². The first kappa shape index (κ1) is 37.3. The summed E-state index contributed by atoms with van der Waals surface area (Å²) >= 11 is 0. The maximum Gasteiger partial charge on any atom is 0.249 e. The minimum atomic E-state index is -1.13. The SMILES string of the molecule is COCCN1CC(=O)N[C@@H](C(C)C)C(=O)NCCOc2ccc(cc2)C[C@H](NC(=O)[C@H]2CCCO2)C(=O)N[C@@H](Cc2c[nH]c3ccccc23)C1=O. The minimum absolute atomic E-state index is 0.0461. The van der Waals surface area contributed by atoms with Crippen molar-refractivity contribution in [3.05, 3.63) is 65.9 Å². The van der Waals surface area contributed by atoms with Crippen molar-refractivity contribution < 1.29 is 38.2 Å². The van der Waals surface area contributed by atoms with E-state index in [9.17, 15) is 24.0 Å². The van der Waals surface area contributed by atoms with E-state index in [0.29, 0.717) is 18.8 Å². The van der Waals surface area contributed by atoms with Gasteiger partial charge in [-0.1, -0.05) is 44.2 Å². The van der Waals surface area contributed by atoms with Gasteiger partial charge in [0.05, 0.1) is 19.7 Å². The molecular formula is C37H48N6O8. The van der Waals surface area contributed by atoms with Crippen molar-refractivity contribution in [2.24, 2.45) is 5.92 Å². The van der Waals surface area contributed by atoms with Crippen LogP contribution in [-0.4, -0.2) is 110 Å². The van der Waals surface area contributed by atoms with Gasteiger partial charge in [-0.25, -0.2) is 0 Å². The van der Waals surface area contributed by atoms with Gasteiger partial charge in [0.2, 0.25) is 29.5 Å². The second kappa shape index (κ2) is 17.8. The molecule has 2 bridgehead atoms. The van der Waals surface area contributed by atoms with Gasteiger partial charge < -0.3 is 45.4 Å². The third kappa shape index (κ3) is 10.1. The van der Waals surface area contributed by atoms with Crippen molar-refractivity contribution in [1.29, 1.82) is 0 Å². The molecule has 0 aliphatic carbocycles. The van der Waals surface area contributed by atoms with Crippen LogP contribution in [-0.2, 0) is 46.3 Å². The van der Waals surface area contributed by atoms with Crippen LogP contribution in [0.1, 0.15) is 37.8 Å². The quantitative estimate of drug-likeness (QED) is 0.217. The molecule has 6 rings (SSSR count). The Balaban J connectivity index is 1.50. The molecule has 3 aliphatic rings. The number of aromatic nitrogens is 1. The average molecular weight is 705 g/mol. The maximum absolute atomic E-state index is 14.5. The Morgan fingerprint density at radius 2 is 1.80 bits per heavy atom. The first-order chi connectivity index (χ1) is 24.6. The second-order valence-electron chi connectivity index (χ2n) is 13.2. The Labute approximate surface area is 297 Å². The summed E-state index contributed by atoms with van der Waals surface area (Å²) in [5.41, 5.74) is 2.39. The average Bonchev–Trinajstić information content (AvgIpc) is 3.81. The van der Waals surface area contributed by atoms with Crippen molar-refractivity contribution in [3.8, 4) is 5.75 Å². The summed E-state index contributed by atoms with van der Waals surface area (Å²) in [5, 5.41) is 12.3. The number of aromatic amines is 1. The number of carbonyl (C=O) groups is 5. The molecule has 2 aromatic carbocycles. The molecule has 1 aromatic heterocycles. The Morgan fingerprint density at radius 1 is 1.02 bits per heavy atom. The van der Waals surface area contributed by atoms with Gasteiger partial charge in [0.1, 0.15) is 36.6 Å². The lowest BCUT2D eigenvalue weighted by atomic mass is 10.0. The largest absolute Gasteiger partial charge is 0.492 e. The Morgan fingerprint density at radius 3 is 2.53 bits per heavy atom. The number of carbonyl (C=O) groups excluding carboxylic acids is 5. The number of benzene rings is 2. The van der Waals surface area contributed by atoms with E-state index in [4.69, 9.17) is 14.2 Å². The summed E-state index contributed by atoms with van der Waals surface area (Å²) in [6.45, 7) is 4.26. The first-order valence-electron chi connectivity index (χ1n) is 17.5. The van der Waals surface area contributed by atoms with Crippen LogP contribution < -0.4 is 26.0 Å². The summed E-state index contributed by atoms with van der Waals surface area (Å²) < 4.78 is 16.7. The summed E-state index contributed by atoms with van der Waals surface area (Å²) in [7, 11) is 1.49. The van der Waals surface area contributed by atoms with Gasteiger partial charge in [-0.2, -0.15) is 0 Å². The summed E-state index contributed by atoms with van der Waals surface area (Å²) in [6.07, 6.45) is 2.62. The number of nitrogens with zero attached hydrogens (tertiary/aromatic N) is 1. The van der Waals surface area contributed by atoms with Crippen LogP contribution in [0.2, 0.25) is 0 Å². The molecule has 0 saturated carbocycles. The molecule has 14 heteroatoms. The van der Waals surface area contributed by atoms with Crippen LogP contribution >= 0.6 is 0 Å². The normalized spacial score (nSPS) is 22.7. The Hall–Kier alpha value is -4.95. The topological polar surface area (TPSA) is 180 Å². The number of amides is 5. The smallest absolute Gasteiger partial charge is 0.249 e. The van der Waals surface area contributed by atoms with Gasteiger partial charge >= 0.3 is 0 Å². The zero-order chi connectivity index (χ0) is 36.3. The number of methoxy groups -OCH3 is 1. The predicted molar refractivity (Wildman–Crippen MR) is 189 cm³/mol. The number of H-pyrrole nitrogens is 1. The van der Waals surface area contributed by atoms with Crippen molar-refractivity contribution in [2.45, 2.75) is 63.8 Å². The highest BCUT2D eigenvalue weighted by Crippen LogP contribution is 2.21. The van der Waals surface area contributed by atoms with Crippen molar-refractivity contribution in [2.75, 3.05) is 46.6 Å². The maximum atomic E-state index is 14.5. The molecule has 4 heterocycles. The van der Waals surface area contributed by atoms with E-state index in [0.717, 1.165) is 28.5 Å². The molecule has 1 fully saturated rings. The van der Waals surface area contributed by atoms with E-state index in [1.54, 1.807) is 30.5 Å². The Bertz CT molecular complexity index is 1670. The molecule has 4 atom stereocenters. The number of hydrogen-bond acceptors (Lipinski definition) is 8. The number of nitrogens with one attached hydrogen (secondary N) is 5. The molecule has 5 amide bonds. The lowest BCUT2D eigenvalue weighted by Crippen LogP contribution is -2.58. The number of ether oxygens (including phenoxy) is 3. The van der Waals surface area contributed by atoms with Crippen LogP contribution in [0.4, 0.5) is 0 Å². The minimum Gasteiger partial charge on any atom is -0.492 e. The summed E-state index contributed by atoms with van der Waals surface area (Å²) in [6, 6.07) is 11.7. The van der Waals surface area contributed by atoms with E-state index in [-0.39, 0.29) is 57.5 Å². The van der Waals surface area contributed by atoms with Gasteiger partial charge in [0, 0.05) is 50.2 Å². The summed E-state index contributed by atoms with van der Waals surface area (Å²) in [4.78, 5) is 73.0. The van der Waals surface area contributed by atoms with Gasteiger partial charge in [-0.15, -0.1) is 0 Å².